The zero-order valence-electron chi connectivity index (χ0n) is 9.49. The normalized spacial score (nSPS) is 14.8. The van der Waals surface area contributed by atoms with Crippen molar-refractivity contribution in [1.29, 1.82) is 0 Å². The van der Waals surface area contributed by atoms with Crippen LogP contribution in [-0.4, -0.2) is 24.3 Å². The van der Waals surface area contributed by atoms with E-state index in [0.29, 0.717) is 18.5 Å². The van der Waals surface area contributed by atoms with Gasteiger partial charge in [-0.1, -0.05) is 18.2 Å². The number of hydrogen-bond donors (Lipinski definition) is 3. The second-order valence-corrected chi connectivity index (χ2v) is 3.89. The van der Waals surface area contributed by atoms with Gasteiger partial charge in [-0.15, -0.1) is 0 Å². The van der Waals surface area contributed by atoms with Gasteiger partial charge in [-0.3, -0.25) is 0 Å². The van der Waals surface area contributed by atoms with E-state index in [0.717, 1.165) is 0 Å². The number of aliphatic hydroxyl groups is 1. The largest absolute Gasteiger partial charge is 0.396 e. The number of benzene rings is 1. The molecule has 0 saturated heterocycles. The van der Waals surface area contributed by atoms with Crippen molar-refractivity contribution >= 4 is 0 Å². The Bertz CT molecular complexity index is 320. The summed E-state index contributed by atoms with van der Waals surface area (Å²) in [4.78, 5) is 0. The predicted molar refractivity (Wildman–Crippen MR) is 62.5 cm³/mol. The molecule has 0 fully saturated rings. The summed E-state index contributed by atoms with van der Waals surface area (Å²) in [7, 11) is 0. The number of halogens is 1. The third-order valence-corrected chi connectivity index (χ3v) is 2.56. The maximum Gasteiger partial charge on any atom is 0.128 e. The first kappa shape index (κ1) is 13.1. The van der Waals surface area contributed by atoms with Crippen molar-refractivity contribution in [3.8, 4) is 0 Å². The van der Waals surface area contributed by atoms with E-state index in [1.807, 2.05) is 6.92 Å². The van der Waals surface area contributed by atoms with Gasteiger partial charge in [0.05, 0.1) is 0 Å². The highest BCUT2D eigenvalue weighted by Gasteiger charge is 2.15. The molecule has 4 heteroatoms. The molecule has 2 atom stereocenters. The van der Waals surface area contributed by atoms with Crippen LogP contribution >= 0.6 is 0 Å². The molecule has 0 heterocycles. The maximum atomic E-state index is 13.5. The standard InChI is InChI=1S/C12H19FN2O/c1-9(6-7-16)15-12(8-14)10-4-2-3-5-11(10)13/h2-5,9,12,15-16H,6-8,14H2,1H3. The summed E-state index contributed by atoms with van der Waals surface area (Å²) in [6.45, 7) is 2.39. The maximum absolute atomic E-state index is 13.5. The molecule has 2 unspecified atom stereocenters. The van der Waals surface area contributed by atoms with Crippen LogP contribution in [0.25, 0.3) is 0 Å². The fourth-order valence-corrected chi connectivity index (χ4v) is 1.66. The van der Waals surface area contributed by atoms with Crippen molar-refractivity contribution in [2.24, 2.45) is 5.73 Å². The molecule has 1 rings (SSSR count). The van der Waals surface area contributed by atoms with Crippen LogP contribution in [0.3, 0.4) is 0 Å². The van der Waals surface area contributed by atoms with Gasteiger partial charge in [-0.25, -0.2) is 4.39 Å². The topological polar surface area (TPSA) is 58.3 Å². The average Bonchev–Trinajstić information content (AvgIpc) is 2.27. The van der Waals surface area contributed by atoms with Crippen LogP contribution in [0.1, 0.15) is 24.9 Å². The van der Waals surface area contributed by atoms with Crippen molar-refractivity contribution in [2.45, 2.75) is 25.4 Å². The zero-order valence-corrected chi connectivity index (χ0v) is 9.49. The van der Waals surface area contributed by atoms with Crippen LogP contribution < -0.4 is 11.1 Å². The first-order valence-corrected chi connectivity index (χ1v) is 5.50. The molecule has 0 amide bonds. The molecular weight excluding hydrogens is 207 g/mol. The van der Waals surface area contributed by atoms with E-state index >= 15 is 0 Å². The fraction of sp³-hybridized carbons (Fsp3) is 0.500. The first-order valence-electron chi connectivity index (χ1n) is 5.50. The molecule has 0 aromatic heterocycles. The van der Waals surface area contributed by atoms with Gasteiger partial charge >= 0.3 is 0 Å². The Morgan fingerprint density at radius 1 is 1.44 bits per heavy atom. The van der Waals surface area contributed by atoms with Gasteiger partial charge in [0.25, 0.3) is 0 Å². The lowest BCUT2D eigenvalue weighted by Gasteiger charge is -2.22. The van der Waals surface area contributed by atoms with Crippen molar-refractivity contribution in [1.82, 2.24) is 5.32 Å². The van der Waals surface area contributed by atoms with E-state index in [2.05, 4.69) is 5.32 Å². The summed E-state index contributed by atoms with van der Waals surface area (Å²) in [5.41, 5.74) is 6.20. The summed E-state index contributed by atoms with van der Waals surface area (Å²) in [5, 5.41) is 12.0. The molecule has 1 aromatic rings. The Labute approximate surface area is 95.5 Å². The SMILES string of the molecule is CC(CCO)NC(CN)c1ccccc1F. The van der Waals surface area contributed by atoms with Crippen LogP contribution in [0.15, 0.2) is 24.3 Å². The highest BCUT2D eigenvalue weighted by molar-refractivity contribution is 5.21. The van der Waals surface area contributed by atoms with Gasteiger partial charge in [0.2, 0.25) is 0 Å². The summed E-state index contributed by atoms with van der Waals surface area (Å²) < 4.78 is 13.5. The van der Waals surface area contributed by atoms with E-state index in [-0.39, 0.29) is 24.5 Å². The lowest BCUT2D eigenvalue weighted by Crippen LogP contribution is -2.36. The summed E-state index contributed by atoms with van der Waals surface area (Å²) >= 11 is 0. The molecule has 4 N–H and O–H groups in total. The second-order valence-electron chi connectivity index (χ2n) is 3.89. The van der Waals surface area contributed by atoms with Gasteiger partial charge in [0, 0.05) is 30.8 Å². The van der Waals surface area contributed by atoms with Gasteiger partial charge < -0.3 is 16.2 Å². The summed E-state index contributed by atoms with van der Waals surface area (Å²) in [6, 6.07) is 6.51. The molecule has 3 nitrogen and oxygen atoms in total. The fourth-order valence-electron chi connectivity index (χ4n) is 1.66. The Hall–Kier alpha value is -0.970. The highest BCUT2D eigenvalue weighted by Crippen LogP contribution is 2.16. The predicted octanol–water partition coefficient (Wildman–Crippen LogP) is 1.19. The Morgan fingerprint density at radius 3 is 2.69 bits per heavy atom. The average molecular weight is 226 g/mol. The monoisotopic (exact) mass is 226 g/mol. The molecule has 0 saturated carbocycles. The van der Waals surface area contributed by atoms with Gasteiger partial charge in [0.1, 0.15) is 5.82 Å². The van der Waals surface area contributed by atoms with E-state index in [9.17, 15) is 4.39 Å². The molecule has 0 spiro atoms. The lowest BCUT2D eigenvalue weighted by atomic mass is 10.0. The zero-order chi connectivity index (χ0) is 12.0. The number of aliphatic hydroxyl groups excluding tert-OH is 1. The molecule has 0 aliphatic carbocycles. The molecule has 16 heavy (non-hydrogen) atoms. The van der Waals surface area contributed by atoms with Crippen LogP contribution in [0.4, 0.5) is 4.39 Å². The van der Waals surface area contributed by atoms with Crippen LogP contribution in [0.2, 0.25) is 0 Å². The number of nitrogens with two attached hydrogens (primary N) is 1. The van der Waals surface area contributed by atoms with Gasteiger partial charge in [0.15, 0.2) is 0 Å². The van der Waals surface area contributed by atoms with Crippen LogP contribution in [-0.2, 0) is 0 Å². The molecule has 90 valence electrons. The Balaban J connectivity index is 2.71. The molecule has 0 aliphatic rings. The quantitative estimate of drug-likeness (QED) is 0.683. The Kier molecular flexibility index (Phi) is 5.38. The van der Waals surface area contributed by atoms with Gasteiger partial charge in [-0.05, 0) is 19.4 Å². The minimum absolute atomic E-state index is 0.109. The van der Waals surface area contributed by atoms with E-state index in [1.165, 1.54) is 6.07 Å². The minimum atomic E-state index is -0.248. The number of rotatable bonds is 6. The van der Waals surface area contributed by atoms with Crippen molar-refractivity contribution < 1.29 is 9.50 Å². The number of nitrogens with one attached hydrogen (secondary N) is 1. The summed E-state index contributed by atoms with van der Waals surface area (Å²) in [6.07, 6.45) is 0.630. The minimum Gasteiger partial charge on any atom is -0.396 e. The molecule has 1 aromatic carbocycles. The third kappa shape index (κ3) is 3.56. The summed E-state index contributed by atoms with van der Waals surface area (Å²) in [5.74, 6) is -0.248. The van der Waals surface area contributed by atoms with E-state index in [4.69, 9.17) is 10.8 Å². The second kappa shape index (κ2) is 6.58. The smallest absolute Gasteiger partial charge is 0.128 e. The third-order valence-electron chi connectivity index (χ3n) is 2.56. The van der Waals surface area contributed by atoms with E-state index in [1.54, 1.807) is 18.2 Å². The van der Waals surface area contributed by atoms with Crippen LogP contribution in [0.5, 0.6) is 0 Å². The van der Waals surface area contributed by atoms with Crippen LogP contribution in [0, 0.1) is 5.82 Å². The Morgan fingerprint density at radius 2 is 2.12 bits per heavy atom. The van der Waals surface area contributed by atoms with Gasteiger partial charge in [-0.2, -0.15) is 0 Å². The van der Waals surface area contributed by atoms with Crippen molar-refractivity contribution in [3.05, 3.63) is 35.6 Å². The highest BCUT2D eigenvalue weighted by atomic mass is 19.1. The number of hydrogen-bond acceptors (Lipinski definition) is 3. The van der Waals surface area contributed by atoms with Crippen molar-refractivity contribution in [2.75, 3.05) is 13.2 Å². The molecule has 0 radical (unpaired) electrons. The van der Waals surface area contributed by atoms with Crippen molar-refractivity contribution in [3.63, 3.8) is 0 Å². The lowest BCUT2D eigenvalue weighted by molar-refractivity contribution is 0.263. The molecule has 0 aliphatic heterocycles. The first-order chi connectivity index (χ1) is 7.69. The molecule has 0 bridgehead atoms. The molecular formula is C12H19FN2O. The van der Waals surface area contributed by atoms with E-state index < -0.39 is 0 Å².